The van der Waals surface area contributed by atoms with Crippen molar-refractivity contribution in [1.82, 2.24) is 9.88 Å². The number of aromatic amines is 1. The molecule has 120 valence electrons. The van der Waals surface area contributed by atoms with Crippen molar-refractivity contribution >= 4 is 6.09 Å². The molecule has 1 spiro atoms. The van der Waals surface area contributed by atoms with Gasteiger partial charge in [0.25, 0.3) is 0 Å². The largest absolute Gasteiger partial charge is 0.444 e. The number of hydrogen-bond acceptors (Lipinski definition) is 4. The number of piperidine rings is 1. The zero-order valence-corrected chi connectivity index (χ0v) is 13.3. The minimum Gasteiger partial charge on any atom is -0.444 e. The lowest BCUT2D eigenvalue weighted by Crippen LogP contribution is -2.46. The van der Waals surface area contributed by atoms with Gasteiger partial charge in [-0.3, -0.25) is 4.79 Å². The number of H-pyrrole nitrogens is 1. The topological polar surface area (TPSA) is 71.6 Å². The molecule has 1 fully saturated rings. The zero-order chi connectivity index (χ0) is 16.0. The van der Waals surface area contributed by atoms with Crippen LogP contribution in [0.5, 0.6) is 0 Å². The Labute approximate surface area is 129 Å². The summed E-state index contributed by atoms with van der Waals surface area (Å²) in [5.41, 5.74) is 1.04. The third-order valence-corrected chi connectivity index (χ3v) is 4.23. The molecule has 0 unspecified atom stereocenters. The zero-order valence-electron chi connectivity index (χ0n) is 13.3. The van der Waals surface area contributed by atoms with Gasteiger partial charge in [0, 0.05) is 30.9 Å². The van der Waals surface area contributed by atoms with Crippen LogP contribution in [0.15, 0.2) is 17.1 Å². The molecule has 1 N–H and O–H groups in total. The lowest BCUT2D eigenvalue weighted by molar-refractivity contribution is -0.0798. The summed E-state index contributed by atoms with van der Waals surface area (Å²) in [6, 6.07) is 1.60. The average Bonchev–Trinajstić information content (AvgIpc) is 2.76. The normalized spacial score (nSPS) is 20.0. The Morgan fingerprint density at radius 3 is 2.68 bits per heavy atom. The number of aromatic nitrogens is 1. The maximum Gasteiger partial charge on any atom is 0.410 e. The smallest absolute Gasteiger partial charge is 0.410 e. The van der Waals surface area contributed by atoms with Gasteiger partial charge in [-0.1, -0.05) is 0 Å². The number of nitrogens with one attached hydrogen (secondary N) is 1. The Hall–Kier alpha value is -1.82. The van der Waals surface area contributed by atoms with Crippen molar-refractivity contribution in [2.45, 2.75) is 51.4 Å². The van der Waals surface area contributed by atoms with Gasteiger partial charge in [0.05, 0.1) is 12.2 Å². The molecule has 0 aliphatic carbocycles. The molecule has 0 saturated carbocycles. The fourth-order valence-electron chi connectivity index (χ4n) is 3.14. The first-order valence-corrected chi connectivity index (χ1v) is 7.63. The number of rotatable bonds is 0. The van der Waals surface area contributed by atoms with Crippen LogP contribution in [-0.2, 0) is 21.7 Å². The Balaban J connectivity index is 1.71. The first-order chi connectivity index (χ1) is 10.3. The van der Waals surface area contributed by atoms with Crippen LogP contribution in [0.3, 0.4) is 0 Å². The lowest BCUT2D eigenvalue weighted by atomic mass is 9.85. The minimum atomic E-state index is -0.484. The summed E-state index contributed by atoms with van der Waals surface area (Å²) in [4.78, 5) is 28.0. The van der Waals surface area contributed by atoms with Gasteiger partial charge in [-0.25, -0.2) is 4.79 Å². The Bertz CT molecular complexity index is 636. The van der Waals surface area contributed by atoms with Crippen molar-refractivity contribution in [3.05, 3.63) is 33.7 Å². The van der Waals surface area contributed by atoms with Crippen molar-refractivity contribution in [3.8, 4) is 0 Å². The molecular formula is C16H22N2O4. The number of hydrogen-bond donors (Lipinski definition) is 1. The molecule has 0 aromatic carbocycles. The number of pyridine rings is 1. The van der Waals surface area contributed by atoms with E-state index in [1.54, 1.807) is 17.2 Å². The maximum atomic E-state index is 12.1. The molecule has 1 aromatic heterocycles. The van der Waals surface area contributed by atoms with Crippen LogP contribution in [0, 0.1) is 0 Å². The summed E-state index contributed by atoms with van der Waals surface area (Å²) in [7, 11) is 0. The van der Waals surface area contributed by atoms with Crippen molar-refractivity contribution in [2.75, 3.05) is 13.1 Å². The van der Waals surface area contributed by atoms with E-state index in [2.05, 4.69) is 4.98 Å². The summed E-state index contributed by atoms with van der Waals surface area (Å²) in [6.07, 6.45) is 2.91. The number of carbonyl (C=O) groups is 1. The Morgan fingerprint density at radius 1 is 1.36 bits per heavy atom. The second-order valence-electron chi connectivity index (χ2n) is 6.99. The maximum absolute atomic E-state index is 12.1. The Morgan fingerprint density at radius 2 is 2.05 bits per heavy atom. The Kier molecular flexibility index (Phi) is 3.51. The molecule has 6 heteroatoms. The highest BCUT2D eigenvalue weighted by molar-refractivity contribution is 5.68. The van der Waals surface area contributed by atoms with Gasteiger partial charge in [-0.15, -0.1) is 0 Å². The second kappa shape index (κ2) is 5.12. The summed E-state index contributed by atoms with van der Waals surface area (Å²) in [6.45, 7) is 7.24. The van der Waals surface area contributed by atoms with Crippen molar-refractivity contribution in [2.24, 2.45) is 0 Å². The molecular weight excluding hydrogens is 284 g/mol. The molecule has 1 amide bonds. The van der Waals surface area contributed by atoms with E-state index in [1.807, 2.05) is 20.8 Å². The van der Waals surface area contributed by atoms with Crippen molar-refractivity contribution in [3.63, 3.8) is 0 Å². The van der Waals surface area contributed by atoms with Gasteiger partial charge < -0.3 is 19.4 Å². The molecule has 0 bridgehead atoms. The average molecular weight is 306 g/mol. The molecule has 3 heterocycles. The SMILES string of the molecule is CC(C)(C)OC(=O)N1CCC2(CC1)OCc1cc(=O)[nH]cc12. The van der Waals surface area contributed by atoms with Gasteiger partial charge in [0.2, 0.25) is 5.56 Å². The first-order valence-electron chi connectivity index (χ1n) is 7.63. The summed E-state index contributed by atoms with van der Waals surface area (Å²) in [5, 5.41) is 0. The predicted octanol–water partition coefficient (Wildman–Crippen LogP) is 2.13. The van der Waals surface area contributed by atoms with E-state index in [9.17, 15) is 9.59 Å². The molecule has 0 radical (unpaired) electrons. The standard InChI is InChI=1S/C16H22N2O4/c1-15(2,3)22-14(20)18-6-4-16(5-7-18)12-9-17-13(19)8-11(12)10-21-16/h8-9H,4-7,10H2,1-3H3,(H,17,19). The molecule has 22 heavy (non-hydrogen) atoms. The van der Waals surface area contributed by atoms with Crippen LogP contribution < -0.4 is 5.56 Å². The predicted molar refractivity (Wildman–Crippen MR) is 80.6 cm³/mol. The highest BCUT2D eigenvalue weighted by atomic mass is 16.6. The van der Waals surface area contributed by atoms with Crippen LogP contribution in [0.1, 0.15) is 44.7 Å². The first kappa shape index (κ1) is 15.1. The molecule has 0 atom stereocenters. The van der Waals surface area contributed by atoms with Gasteiger partial charge in [0.15, 0.2) is 0 Å². The third-order valence-electron chi connectivity index (χ3n) is 4.23. The monoisotopic (exact) mass is 306 g/mol. The number of ether oxygens (including phenoxy) is 2. The van der Waals surface area contributed by atoms with E-state index in [1.165, 1.54) is 0 Å². The summed E-state index contributed by atoms with van der Waals surface area (Å²) < 4.78 is 11.4. The van der Waals surface area contributed by atoms with E-state index >= 15 is 0 Å². The van der Waals surface area contributed by atoms with Gasteiger partial charge >= 0.3 is 6.09 Å². The molecule has 3 rings (SSSR count). The van der Waals surface area contributed by atoms with E-state index in [-0.39, 0.29) is 17.3 Å². The van der Waals surface area contributed by atoms with E-state index in [4.69, 9.17) is 9.47 Å². The van der Waals surface area contributed by atoms with E-state index < -0.39 is 5.60 Å². The molecule has 1 aromatic rings. The van der Waals surface area contributed by atoms with Gasteiger partial charge in [0.1, 0.15) is 5.60 Å². The van der Waals surface area contributed by atoms with Crippen LogP contribution in [0.2, 0.25) is 0 Å². The summed E-state index contributed by atoms with van der Waals surface area (Å²) >= 11 is 0. The second-order valence-corrected chi connectivity index (χ2v) is 6.99. The van der Waals surface area contributed by atoms with Gasteiger partial charge in [-0.05, 0) is 39.2 Å². The third kappa shape index (κ3) is 2.75. The molecule has 1 saturated heterocycles. The van der Waals surface area contributed by atoms with Crippen LogP contribution in [0.25, 0.3) is 0 Å². The molecule has 2 aliphatic heterocycles. The number of nitrogens with zero attached hydrogens (tertiary/aromatic N) is 1. The van der Waals surface area contributed by atoms with Crippen LogP contribution >= 0.6 is 0 Å². The number of likely N-dealkylation sites (tertiary alicyclic amines) is 1. The van der Waals surface area contributed by atoms with Crippen molar-refractivity contribution < 1.29 is 14.3 Å². The minimum absolute atomic E-state index is 0.106. The van der Waals surface area contributed by atoms with E-state index in [0.29, 0.717) is 32.5 Å². The molecule has 6 nitrogen and oxygen atoms in total. The highest BCUT2D eigenvalue weighted by Crippen LogP contribution is 2.43. The molecule has 2 aliphatic rings. The quantitative estimate of drug-likeness (QED) is 0.797. The van der Waals surface area contributed by atoms with Crippen LogP contribution in [-0.4, -0.2) is 34.7 Å². The fourth-order valence-corrected chi connectivity index (χ4v) is 3.14. The van der Waals surface area contributed by atoms with E-state index in [0.717, 1.165) is 11.1 Å². The number of amides is 1. The van der Waals surface area contributed by atoms with Crippen LogP contribution in [0.4, 0.5) is 4.79 Å². The lowest BCUT2D eigenvalue weighted by Gasteiger charge is -2.39. The van der Waals surface area contributed by atoms with Crippen molar-refractivity contribution in [1.29, 1.82) is 0 Å². The highest BCUT2D eigenvalue weighted by Gasteiger charge is 2.44. The number of carbonyl (C=O) groups excluding carboxylic acids is 1. The number of fused-ring (bicyclic) bond motifs is 2. The fraction of sp³-hybridized carbons (Fsp3) is 0.625. The van der Waals surface area contributed by atoms with Gasteiger partial charge in [-0.2, -0.15) is 0 Å². The summed E-state index contributed by atoms with van der Waals surface area (Å²) in [5.74, 6) is 0.